The zero-order valence-electron chi connectivity index (χ0n) is 13.0. The number of anilines is 1. The van der Waals surface area contributed by atoms with E-state index in [1.54, 1.807) is 0 Å². The van der Waals surface area contributed by atoms with Crippen LogP contribution < -0.4 is 10.2 Å². The normalized spacial score (nSPS) is 18.2. The van der Waals surface area contributed by atoms with Gasteiger partial charge in [-0.1, -0.05) is 12.1 Å². The maximum atomic E-state index is 11.9. The van der Waals surface area contributed by atoms with Gasteiger partial charge in [0.15, 0.2) is 0 Å². The number of imide groups is 1. The van der Waals surface area contributed by atoms with Crippen molar-refractivity contribution >= 4 is 17.5 Å². The first-order chi connectivity index (χ1) is 10.6. The summed E-state index contributed by atoms with van der Waals surface area (Å²) in [7, 11) is 2.04. The van der Waals surface area contributed by atoms with E-state index in [-0.39, 0.29) is 24.3 Å². The van der Waals surface area contributed by atoms with Crippen molar-refractivity contribution in [2.45, 2.75) is 38.0 Å². The van der Waals surface area contributed by atoms with E-state index in [4.69, 9.17) is 5.11 Å². The zero-order valence-corrected chi connectivity index (χ0v) is 13.0. The second-order valence-corrected chi connectivity index (χ2v) is 5.80. The molecule has 2 amide bonds. The standard InChI is InChI=1S/C17H24N2O3/c1-19(11-3-2-4-12-20)14-7-5-13(6-8-14)15-9-10-16(21)18-17(15)22/h5-8,15,20H,2-4,9-12H2,1H3,(H,18,21,22). The number of carbonyl (C=O) groups excluding carboxylic acids is 2. The van der Waals surface area contributed by atoms with Gasteiger partial charge in [0, 0.05) is 32.3 Å². The smallest absolute Gasteiger partial charge is 0.234 e. The first kappa shape index (κ1) is 16.5. The van der Waals surface area contributed by atoms with Gasteiger partial charge in [0.05, 0.1) is 5.92 Å². The number of benzene rings is 1. The molecule has 0 saturated carbocycles. The molecule has 22 heavy (non-hydrogen) atoms. The van der Waals surface area contributed by atoms with Crippen LogP contribution in [0.5, 0.6) is 0 Å². The maximum absolute atomic E-state index is 11.9. The van der Waals surface area contributed by atoms with Crippen LogP contribution in [0.15, 0.2) is 24.3 Å². The van der Waals surface area contributed by atoms with Gasteiger partial charge in [-0.15, -0.1) is 0 Å². The molecule has 1 saturated heterocycles. The Bertz CT molecular complexity index is 513. The topological polar surface area (TPSA) is 69.6 Å². The van der Waals surface area contributed by atoms with Gasteiger partial charge in [0.25, 0.3) is 0 Å². The third-order valence-corrected chi connectivity index (χ3v) is 4.13. The van der Waals surface area contributed by atoms with Crippen LogP contribution in [-0.4, -0.2) is 37.1 Å². The number of amides is 2. The molecule has 1 fully saturated rings. The van der Waals surface area contributed by atoms with Crippen molar-refractivity contribution < 1.29 is 14.7 Å². The lowest BCUT2D eigenvalue weighted by atomic mass is 9.90. The minimum atomic E-state index is -0.221. The zero-order chi connectivity index (χ0) is 15.9. The summed E-state index contributed by atoms with van der Waals surface area (Å²) >= 11 is 0. The monoisotopic (exact) mass is 304 g/mol. The number of aliphatic hydroxyl groups excluding tert-OH is 1. The maximum Gasteiger partial charge on any atom is 0.234 e. The van der Waals surface area contributed by atoms with Crippen molar-refractivity contribution in [3.63, 3.8) is 0 Å². The van der Waals surface area contributed by atoms with E-state index in [2.05, 4.69) is 10.2 Å². The highest BCUT2D eigenvalue weighted by Crippen LogP contribution is 2.26. The molecule has 1 heterocycles. The Morgan fingerprint density at radius 1 is 1.18 bits per heavy atom. The van der Waals surface area contributed by atoms with Crippen LogP contribution in [0.3, 0.4) is 0 Å². The molecule has 5 nitrogen and oxygen atoms in total. The number of piperidine rings is 1. The van der Waals surface area contributed by atoms with E-state index in [0.717, 1.165) is 37.1 Å². The molecule has 1 aliphatic rings. The van der Waals surface area contributed by atoms with Gasteiger partial charge < -0.3 is 10.0 Å². The second kappa shape index (κ2) is 7.94. The molecule has 1 aromatic carbocycles. The number of nitrogens with zero attached hydrogens (tertiary/aromatic N) is 1. The van der Waals surface area contributed by atoms with Gasteiger partial charge in [0.1, 0.15) is 0 Å². The summed E-state index contributed by atoms with van der Waals surface area (Å²) in [6.07, 6.45) is 3.91. The highest BCUT2D eigenvalue weighted by molar-refractivity contribution is 6.00. The van der Waals surface area contributed by atoms with E-state index < -0.39 is 0 Å². The summed E-state index contributed by atoms with van der Waals surface area (Å²) in [6.45, 7) is 1.20. The number of nitrogens with one attached hydrogen (secondary N) is 1. The molecular weight excluding hydrogens is 280 g/mol. The third-order valence-electron chi connectivity index (χ3n) is 4.13. The third kappa shape index (κ3) is 4.31. The molecule has 0 spiro atoms. The lowest BCUT2D eigenvalue weighted by Crippen LogP contribution is -2.39. The number of hydrogen-bond acceptors (Lipinski definition) is 4. The first-order valence-electron chi connectivity index (χ1n) is 7.87. The summed E-state index contributed by atoms with van der Waals surface area (Å²) < 4.78 is 0. The summed E-state index contributed by atoms with van der Waals surface area (Å²) in [4.78, 5) is 25.2. The molecule has 0 aliphatic carbocycles. The first-order valence-corrected chi connectivity index (χ1v) is 7.87. The second-order valence-electron chi connectivity index (χ2n) is 5.80. The Balaban J connectivity index is 1.92. The van der Waals surface area contributed by atoms with E-state index >= 15 is 0 Å². The highest BCUT2D eigenvalue weighted by atomic mass is 16.3. The minimum Gasteiger partial charge on any atom is -0.396 e. The van der Waals surface area contributed by atoms with Crippen molar-refractivity contribution in [1.82, 2.24) is 5.32 Å². The fourth-order valence-corrected chi connectivity index (χ4v) is 2.74. The van der Waals surface area contributed by atoms with Gasteiger partial charge in [0.2, 0.25) is 11.8 Å². The number of unbranched alkanes of at least 4 members (excludes halogenated alkanes) is 2. The molecule has 1 atom stereocenters. The van der Waals surface area contributed by atoms with Crippen LogP contribution in [0.2, 0.25) is 0 Å². The average Bonchev–Trinajstić information content (AvgIpc) is 2.52. The van der Waals surface area contributed by atoms with Crippen LogP contribution in [0, 0.1) is 0 Å². The molecular formula is C17H24N2O3. The van der Waals surface area contributed by atoms with Crippen molar-refractivity contribution in [2.75, 3.05) is 25.1 Å². The van der Waals surface area contributed by atoms with Crippen LogP contribution in [0.4, 0.5) is 5.69 Å². The summed E-state index contributed by atoms with van der Waals surface area (Å²) in [6, 6.07) is 7.98. The number of aliphatic hydroxyl groups is 1. The largest absolute Gasteiger partial charge is 0.396 e. The van der Waals surface area contributed by atoms with Gasteiger partial charge in [-0.25, -0.2) is 0 Å². The summed E-state index contributed by atoms with van der Waals surface area (Å²) in [5.74, 6) is -0.594. The van der Waals surface area contributed by atoms with Crippen molar-refractivity contribution in [3.05, 3.63) is 29.8 Å². The Labute approximate surface area is 131 Å². The number of carbonyl (C=O) groups is 2. The van der Waals surface area contributed by atoms with E-state index in [1.807, 2.05) is 31.3 Å². The predicted octanol–water partition coefficient (Wildman–Crippen LogP) is 1.81. The lowest BCUT2D eigenvalue weighted by molar-refractivity contribution is -0.134. The fraction of sp³-hybridized carbons (Fsp3) is 0.529. The summed E-state index contributed by atoms with van der Waals surface area (Å²) in [5, 5.41) is 11.2. The molecule has 1 aromatic rings. The van der Waals surface area contributed by atoms with Gasteiger partial charge in [-0.05, 0) is 43.4 Å². The Morgan fingerprint density at radius 2 is 1.91 bits per heavy atom. The van der Waals surface area contributed by atoms with E-state index in [1.165, 1.54) is 0 Å². The SMILES string of the molecule is CN(CCCCCO)c1ccc(C2CCC(=O)NC2=O)cc1. The van der Waals surface area contributed by atoms with E-state index in [0.29, 0.717) is 12.8 Å². The minimum absolute atomic E-state index is 0.180. The molecule has 0 bridgehead atoms. The molecule has 2 N–H and O–H groups in total. The van der Waals surface area contributed by atoms with Crippen LogP contribution in [0.1, 0.15) is 43.6 Å². The van der Waals surface area contributed by atoms with Crippen molar-refractivity contribution in [3.8, 4) is 0 Å². The molecule has 1 aliphatic heterocycles. The van der Waals surface area contributed by atoms with Crippen LogP contribution >= 0.6 is 0 Å². The molecule has 120 valence electrons. The fourth-order valence-electron chi connectivity index (χ4n) is 2.74. The lowest BCUT2D eigenvalue weighted by Gasteiger charge is -2.23. The Hall–Kier alpha value is -1.88. The van der Waals surface area contributed by atoms with Gasteiger partial charge in [-0.2, -0.15) is 0 Å². The predicted molar refractivity (Wildman–Crippen MR) is 85.8 cm³/mol. The number of hydrogen-bond donors (Lipinski definition) is 2. The van der Waals surface area contributed by atoms with Crippen LogP contribution in [-0.2, 0) is 9.59 Å². The highest BCUT2D eigenvalue weighted by Gasteiger charge is 2.27. The quantitative estimate of drug-likeness (QED) is 0.595. The summed E-state index contributed by atoms with van der Waals surface area (Å²) in [5.41, 5.74) is 2.07. The number of rotatable bonds is 7. The van der Waals surface area contributed by atoms with Gasteiger partial charge >= 0.3 is 0 Å². The molecule has 5 heteroatoms. The Kier molecular flexibility index (Phi) is 5.95. The van der Waals surface area contributed by atoms with Gasteiger partial charge in [-0.3, -0.25) is 14.9 Å². The Morgan fingerprint density at radius 3 is 2.55 bits per heavy atom. The van der Waals surface area contributed by atoms with Crippen molar-refractivity contribution in [1.29, 1.82) is 0 Å². The van der Waals surface area contributed by atoms with Crippen molar-refractivity contribution in [2.24, 2.45) is 0 Å². The molecule has 1 unspecified atom stereocenters. The molecule has 2 rings (SSSR count). The average molecular weight is 304 g/mol. The molecule has 0 radical (unpaired) electrons. The van der Waals surface area contributed by atoms with E-state index in [9.17, 15) is 9.59 Å². The van der Waals surface area contributed by atoms with Crippen LogP contribution in [0.25, 0.3) is 0 Å². The molecule has 0 aromatic heterocycles.